The van der Waals surface area contributed by atoms with E-state index in [1.54, 1.807) is 19.9 Å². The molecule has 0 radical (unpaired) electrons. The molecule has 0 amide bonds. The number of rotatable bonds is 1. The lowest BCUT2D eigenvalue weighted by Crippen LogP contribution is -2.29. The molecule has 2 N–H and O–H groups in total. The summed E-state index contributed by atoms with van der Waals surface area (Å²) < 4.78 is 40.0. The first kappa shape index (κ1) is 15.0. The summed E-state index contributed by atoms with van der Waals surface area (Å²) in [7, 11) is 0. The molecule has 0 bridgehead atoms. The number of hydrogen-bond donors (Lipinski definition) is 1. The maximum atomic E-state index is 13.1. The van der Waals surface area contributed by atoms with Gasteiger partial charge >= 0.3 is 6.18 Å². The fourth-order valence-corrected chi connectivity index (χ4v) is 2.06. The second-order valence-corrected chi connectivity index (χ2v) is 5.27. The van der Waals surface area contributed by atoms with Gasteiger partial charge in [0.05, 0.1) is 16.5 Å². The summed E-state index contributed by atoms with van der Waals surface area (Å²) in [6.45, 7) is 3.44. The molecule has 0 saturated heterocycles. The Morgan fingerprint density at radius 1 is 1.24 bits per heavy atom. The molecule has 1 heterocycles. The van der Waals surface area contributed by atoms with Crippen molar-refractivity contribution in [2.24, 2.45) is 0 Å². The van der Waals surface area contributed by atoms with Crippen molar-refractivity contribution < 1.29 is 13.2 Å². The lowest BCUT2D eigenvalue weighted by atomic mass is 9.84. The number of pyridine rings is 1. The SMILES string of the molecule is C#CC(C)(C)c1ccc2c(c1)c(C(F)(F)F)cc(=O)n2N. The lowest BCUT2D eigenvalue weighted by Gasteiger charge is -2.20. The highest BCUT2D eigenvalue weighted by atomic mass is 19.4. The second-order valence-electron chi connectivity index (χ2n) is 5.27. The van der Waals surface area contributed by atoms with Crippen LogP contribution < -0.4 is 11.4 Å². The number of nitrogens with zero attached hydrogens (tertiary/aromatic N) is 1. The number of fused-ring (bicyclic) bond motifs is 1. The molecule has 0 aliphatic rings. The molecule has 0 aliphatic carbocycles. The number of nitrogens with two attached hydrogens (primary N) is 1. The summed E-state index contributed by atoms with van der Waals surface area (Å²) in [5.74, 6) is 8.04. The van der Waals surface area contributed by atoms with Gasteiger partial charge in [-0.15, -0.1) is 6.42 Å². The van der Waals surface area contributed by atoms with Crippen molar-refractivity contribution in [2.45, 2.75) is 25.4 Å². The van der Waals surface area contributed by atoms with Crippen LogP contribution in [-0.2, 0) is 11.6 Å². The van der Waals surface area contributed by atoms with Crippen LogP contribution in [0.25, 0.3) is 10.9 Å². The predicted molar refractivity (Wildman–Crippen MR) is 75.2 cm³/mol. The van der Waals surface area contributed by atoms with E-state index in [2.05, 4.69) is 5.92 Å². The summed E-state index contributed by atoms with van der Waals surface area (Å²) in [4.78, 5) is 11.5. The highest BCUT2D eigenvalue weighted by molar-refractivity contribution is 5.84. The van der Waals surface area contributed by atoms with Crippen molar-refractivity contribution in [1.82, 2.24) is 4.68 Å². The number of benzene rings is 1. The monoisotopic (exact) mass is 294 g/mol. The molecule has 0 saturated carbocycles. The van der Waals surface area contributed by atoms with Gasteiger partial charge in [-0.1, -0.05) is 12.0 Å². The fraction of sp³-hybridized carbons (Fsp3) is 0.267. The van der Waals surface area contributed by atoms with Gasteiger partial charge in [0.15, 0.2) is 0 Å². The Bertz CT molecular complexity index is 810. The van der Waals surface area contributed by atoms with Crippen LogP contribution in [0.15, 0.2) is 29.1 Å². The quantitative estimate of drug-likeness (QED) is 0.649. The van der Waals surface area contributed by atoms with Crippen LogP contribution in [0.5, 0.6) is 0 Å². The highest BCUT2D eigenvalue weighted by Crippen LogP contribution is 2.35. The van der Waals surface area contributed by atoms with E-state index in [-0.39, 0.29) is 10.9 Å². The van der Waals surface area contributed by atoms with Gasteiger partial charge in [0.2, 0.25) is 0 Å². The maximum absolute atomic E-state index is 13.1. The number of hydrogen-bond acceptors (Lipinski definition) is 2. The summed E-state index contributed by atoms with van der Waals surface area (Å²) in [5, 5.41) is -0.148. The number of terminal acetylenes is 1. The van der Waals surface area contributed by atoms with E-state index in [1.165, 1.54) is 12.1 Å². The van der Waals surface area contributed by atoms with Crippen molar-refractivity contribution in [1.29, 1.82) is 0 Å². The maximum Gasteiger partial charge on any atom is 0.417 e. The van der Waals surface area contributed by atoms with Crippen LogP contribution in [-0.4, -0.2) is 4.68 Å². The summed E-state index contributed by atoms with van der Waals surface area (Å²) in [6.07, 6.45) is 0.760. The topological polar surface area (TPSA) is 48.0 Å². The van der Waals surface area contributed by atoms with E-state index in [9.17, 15) is 18.0 Å². The van der Waals surface area contributed by atoms with Crippen LogP contribution in [0.2, 0.25) is 0 Å². The molecule has 2 aromatic rings. The van der Waals surface area contributed by atoms with Crippen LogP contribution in [0.3, 0.4) is 0 Å². The third-order valence-corrected chi connectivity index (χ3v) is 3.44. The first-order valence-corrected chi connectivity index (χ1v) is 6.08. The third kappa shape index (κ3) is 2.47. The van der Waals surface area contributed by atoms with Crippen LogP contribution >= 0.6 is 0 Å². The molecule has 0 unspecified atom stereocenters. The zero-order valence-corrected chi connectivity index (χ0v) is 11.5. The van der Waals surface area contributed by atoms with Gasteiger partial charge in [-0.2, -0.15) is 13.2 Å². The van der Waals surface area contributed by atoms with E-state index in [0.29, 0.717) is 16.3 Å². The number of aromatic nitrogens is 1. The van der Waals surface area contributed by atoms with Gasteiger partial charge < -0.3 is 5.84 Å². The molecule has 0 fully saturated rings. The van der Waals surface area contributed by atoms with Gasteiger partial charge in [0.25, 0.3) is 5.56 Å². The molecule has 1 aromatic heterocycles. The summed E-state index contributed by atoms with van der Waals surface area (Å²) in [5.41, 5.74) is -2.11. The molecule has 21 heavy (non-hydrogen) atoms. The summed E-state index contributed by atoms with van der Waals surface area (Å²) >= 11 is 0. The summed E-state index contributed by atoms with van der Waals surface area (Å²) in [6, 6.07) is 4.78. The van der Waals surface area contributed by atoms with Gasteiger partial charge in [-0.25, -0.2) is 4.68 Å². The number of halogens is 3. The Hall–Kier alpha value is -2.42. The second kappa shape index (κ2) is 4.55. The molecular weight excluding hydrogens is 281 g/mol. The largest absolute Gasteiger partial charge is 0.417 e. The van der Waals surface area contributed by atoms with Crippen molar-refractivity contribution in [3.8, 4) is 12.3 Å². The molecule has 1 aromatic carbocycles. The normalized spacial score (nSPS) is 12.4. The first-order chi connectivity index (χ1) is 9.58. The minimum Gasteiger partial charge on any atom is -0.336 e. The van der Waals surface area contributed by atoms with Gasteiger partial charge in [-0.05, 0) is 31.5 Å². The van der Waals surface area contributed by atoms with E-state index in [0.717, 1.165) is 0 Å². The molecule has 6 heteroatoms. The van der Waals surface area contributed by atoms with Crippen molar-refractivity contribution >= 4 is 10.9 Å². The Balaban J connectivity index is 2.92. The Labute approximate surface area is 119 Å². The van der Waals surface area contributed by atoms with Gasteiger partial charge in [0.1, 0.15) is 0 Å². The van der Waals surface area contributed by atoms with E-state index in [1.807, 2.05) is 0 Å². The van der Waals surface area contributed by atoms with Crippen LogP contribution in [0, 0.1) is 12.3 Å². The third-order valence-electron chi connectivity index (χ3n) is 3.44. The Morgan fingerprint density at radius 2 is 1.86 bits per heavy atom. The molecular formula is C15H13F3N2O. The highest BCUT2D eigenvalue weighted by Gasteiger charge is 2.34. The predicted octanol–water partition coefficient (Wildman–Crippen LogP) is 2.64. The minimum atomic E-state index is -4.65. The first-order valence-electron chi connectivity index (χ1n) is 6.08. The van der Waals surface area contributed by atoms with Gasteiger partial charge in [0, 0.05) is 11.5 Å². The molecule has 0 atom stereocenters. The standard InChI is InChI=1S/C15H13F3N2O/c1-4-14(2,3)9-5-6-12-10(7-9)11(15(16,17)18)8-13(21)20(12)19/h1,5-8H,19H2,2-3H3. The fourth-order valence-electron chi connectivity index (χ4n) is 2.06. The Morgan fingerprint density at radius 3 is 2.38 bits per heavy atom. The van der Waals surface area contributed by atoms with Gasteiger partial charge in [-0.3, -0.25) is 4.79 Å². The van der Waals surface area contributed by atoms with Crippen molar-refractivity contribution in [3.63, 3.8) is 0 Å². The van der Waals surface area contributed by atoms with Crippen molar-refractivity contribution in [2.75, 3.05) is 5.84 Å². The lowest BCUT2D eigenvalue weighted by molar-refractivity contribution is -0.136. The minimum absolute atomic E-state index is 0.00592. The average molecular weight is 294 g/mol. The molecule has 110 valence electrons. The molecule has 0 aliphatic heterocycles. The number of alkyl halides is 3. The van der Waals surface area contributed by atoms with E-state index < -0.39 is 22.7 Å². The van der Waals surface area contributed by atoms with Crippen LogP contribution in [0.4, 0.5) is 13.2 Å². The van der Waals surface area contributed by atoms with E-state index >= 15 is 0 Å². The molecule has 3 nitrogen and oxygen atoms in total. The average Bonchev–Trinajstić information content (AvgIpc) is 2.41. The number of nitrogen functional groups attached to an aromatic ring is 1. The van der Waals surface area contributed by atoms with Crippen LogP contribution in [0.1, 0.15) is 25.0 Å². The molecule has 2 rings (SSSR count). The smallest absolute Gasteiger partial charge is 0.336 e. The zero-order valence-electron chi connectivity index (χ0n) is 11.5. The van der Waals surface area contributed by atoms with E-state index in [4.69, 9.17) is 12.3 Å². The zero-order chi connectivity index (χ0) is 16.0. The molecule has 0 spiro atoms. The Kier molecular flexibility index (Phi) is 3.25. The van der Waals surface area contributed by atoms with Crippen molar-refractivity contribution in [3.05, 3.63) is 45.7 Å².